The quantitative estimate of drug-likeness (QED) is 0.728. The molecule has 3 heteroatoms. The lowest BCUT2D eigenvalue weighted by molar-refractivity contribution is 0.223. The highest BCUT2D eigenvalue weighted by molar-refractivity contribution is 6.31. The maximum atomic E-state index is 6.22. The van der Waals surface area contributed by atoms with Gasteiger partial charge < -0.3 is 0 Å². The van der Waals surface area contributed by atoms with Crippen molar-refractivity contribution in [3.63, 3.8) is 0 Å². The van der Waals surface area contributed by atoms with Crippen LogP contribution >= 0.6 is 23.2 Å². The zero-order valence-electron chi connectivity index (χ0n) is 9.55. The number of halogens is 2. The Morgan fingerprint density at radius 3 is 2.62 bits per heavy atom. The van der Waals surface area contributed by atoms with Crippen LogP contribution in [-0.4, -0.2) is 23.4 Å². The molecule has 0 spiro atoms. The summed E-state index contributed by atoms with van der Waals surface area (Å²) in [6.45, 7) is 5.17. The first-order valence-electron chi connectivity index (χ1n) is 5.76. The van der Waals surface area contributed by atoms with Crippen LogP contribution < -0.4 is 0 Å². The van der Waals surface area contributed by atoms with Gasteiger partial charge in [0, 0.05) is 16.9 Å². The molecule has 1 aromatic rings. The van der Waals surface area contributed by atoms with E-state index in [-0.39, 0.29) is 0 Å². The third-order valence-corrected chi connectivity index (χ3v) is 3.91. The van der Waals surface area contributed by atoms with Gasteiger partial charge in [-0.3, -0.25) is 4.90 Å². The van der Waals surface area contributed by atoms with Crippen LogP contribution in [0.4, 0.5) is 0 Å². The maximum Gasteiger partial charge on any atom is 0.0453 e. The van der Waals surface area contributed by atoms with E-state index in [1.807, 2.05) is 6.07 Å². The molecule has 1 aliphatic heterocycles. The fraction of sp³-hybridized carbons (Fsp3) is 0.538. The Kier molecular flexibility index (Phi) is 4.12. The second-order valence-corrected chi connectivity index (χ2v) is 5.57. The Morgan fingerprint density at radius 1 is 1.31 bits per heavy atom. The van der Waals surface area contributed by atoms with E-state index in [2.05, 4.69) is 24.0 Å². The average molecular weight is 258 g/mol. The first-order valence-corrected chi connectivity index (χ1v) is 6.58. The van der Waals surface area contributed by atoms with Crippen LogP contribution in [0.15, 0.2) is 18.2 Å². The molecule has 1 fully saturated rings. The molecule has 0 unspecified atom stereocenters. The van der Waals surface area contributed by atoms with Gasteiger partial charge in [0.15, 0.2) is 0 Å². The molecule has 0 atom stereocenters. The lowest BCUT2D eigenvalue weighted by Gasteiger charge is -2.29. The van der Waals surface area contributed by atoms with Crippen LogP contribution in [0, 0.1) is 6.92 Å². The second kappa shape index (κ2) is 5.39. The van der Waals surface area contributed by atoms with Crippen LogP contribution in [-0.2, 0) is 6.54 Å². The number of aryl methyl sites for hydroxylation is 1. The summed E-state index contributed by atoms with van der Waals surface area (Å²) in [7, 11) is 0. The third kappa shape index (κ3) is 3.13. The standard InChI is InChI=1S/C13H17Cl2N/c1-10-2-3-11(13(15)8-10)9-16-6-4-12(14)5-7-16/h2-3,8,12H,4-7,9H2,1H3. The largest absolute Gasteiger partial charge is 0.299 e. The minimum Gasteiger partial charge on any atom is -0.299 e. The number of hydrogen-bond acceptors (Lipinski definition) is 1. The number of hydrogen-bond donors (Lipinski definition) is 0. The molecule has 0 amide bonds. The molecule has 16 heavy (non-hydrogen) atoms. The Bertz CT molecular complexity index is 357. The molecule has 0 radical (unpaired) electrons. The molecule has 0 bridgehead atoms. The zero-order chi connectivity index (χ0) is 11.5. The Hall–Kier alpha value is -0.240. The Balaban J connectivity index is 1.98. The van der Waals surface area contributed by atoms with Gasteiger partial charge in [-0.15, -0.1) is 11.6 Å². The van der Waals surface area contributed by atoms with E-state index < -0.39 is 0 Å². The van der Waals surface area contributed by atoms with Crippen molar-refractivity contribution >= 4 is 23.2 Å². The molecular weight excluding hydrogens is 241 g/mol. The smallest absolute Gasteiger partial charge is 0.0453 e. The molecule has 1 nitrogen and oxygen atoms in total. The van der Waals surface area contributed by atoms with Gasteiger partial charge in [0.05, 0.1) is 0 Å². The summed E-state index contributed by atoms with van der Waals surface area (Å²) in [5, 5.41) is 1.25. The Morgan fingerprint density at radius 2 is 2.00 bits per heavy atom. The topological polar surface area (TPSA) is 3.24 Å². The lowest BCUT2D eigenvalue weighted by Crippen LogP contribution is -2.33. The number of benzene rings is 1. The van der Waals surface area contributed by atoms with E-state index in [4.69, 9.17) is 23.2 Å². The molecule has 1 aliphatic rings. The van der Waals surface area contributed by atoms with Gasteiger partial charge in [-0.05, 0) is 50.0 Å². The highest BCUT2D eigenvalue weighted by atomic mass is 35.5. The molecule has 0 saturated carbocycles. The van der Waals surface area contributed by atoms with E-state index >= 15 is 0 Å². The van der Waals surface area contributed by atoms with Crippen molar-refractivity contribution in [2.24, 2.45) is 0 Å². The zero-order valence-corrected chi connectivity index (χ0v) is 11.1. The van der Waals surface area contributed by atoms with Crippen LogP contribution in [0.1, 0.15) is 24.0 Å². The van der Waals surface area contributed by atoms with Crippen molar-refractivity contribution in [2.45, 2.75) is 31.7 Å². The highest BCUT2D eigenvalue weighted by Crippen LogP contribution is 2.22. The lowest BCUT2D eigenvalue weighted by atomic mass is 10.1. The number of piperidine rings is 1. The molecule has 0 N–H and O–H groups in total. The number of rotatable bonds is 2. The minimum atomic E-state index is 0.365. The summed E-state index contributed by atoms with van der Waals surface area (Å²) in [5.74, 6) is 0. The SMILES string of the molecule is Cc1ccc(CN2CCC(Cl)CC2)c(Cl)c1. The van der Waals surface area contributed by atoms with Crippen molar-refractivity contribution in [1.29, 1.82) is 0 Å². The van der Waals surface area contributed by atoms with E-state index in [0.717, 1.165) is 37.5 Å². The fourth-order valence-electron chi connectivity index (χ4n) is 2.08. The monoisotopic (exact) mass is 257 g/mol. The second-order valence-electron chi connectivity index (χ2n) is 4.55. The summed E-state index contributed by atoms with van der Waals surface area (Å²) in [6, 6.07) is 6.28. The van der Waals surface area contributed by atoms with Crippen LogP contribution in [0.3, 0.4) is 0 Å². The van der Waals surface area contributed by atoms with E-state index in [9.17, 15) is 0 Å². The minimum absolute atomic E-state index is 0.365. The van der Waals surface area contributed by atoms with Crippen molar-refractivity contribution in [3.05, 3.63) is 34.3 Å². The van der Waals surface area contributed by atoms with Crippen molar-refractivity contribution in [3.8, 4) is 0 Å². The van der Waals surface area contributed by atoms with E-state index in [0.29, 0.717) is 5.38 Å². The summed E-state index contributed by atoms with van der Waals surface area (Å²) in [4.78, 5) is 2.43. The van der Waals surface area contributed by atoms with Crippen molar-refractivity contribution in [1.82, 2.24) is 4.90 Å². The van der Waals surface area contributed by atoms with Gasteiger partial charge in [0.2, 0.25) is 0 Å². The predicted molar refractivity (Wildman–Crippen MR) is 70.3 cm³/mol. The highest BCUT2D eigenvalue weighted by Gasteiger charge is 2.17. The fourth-order valence-corrected chi connectivity index (χ4v) is 2.57. The van der Waals surface area contributed by atoms with E-state index in [1.165, 1.54) is 11.1 Å². The maximum absolute atomic E-state index is 6.22. The van der Waals surface area contributed by atoms with Gasteiger partial charge >= 0.3 is 0 Å². The molecule has 88 valence electrons. The van der Waals surface area contributed by atoms with Crippen molar-refractivity contribution in [2.75, 3.05) is 13.1 Å². The van der Waals surface area contributed by atoms with Gasteiger partial charge in [-0.1, -0.05) is 23.7 Å². The summed E-state index contributed by atoms with van der Waals surface area (Å²) in [6.07, 6.45) is 2.18. The number of likely N-dealkylation sites (tertiary alicyclic amines) is 1. The van der Waals surface area contributed by atoms with Gasteiger partial charge in [-0.25, -0.2) is 0 Å². The van der Waals surface area contributed by atoms with Gasteiger partial charge in [-0.2, -0.15) is 0 Å². The Labute approximate surface area is 107 Å². The molecule has 0 aromatic heterocycles. The average Bonchev–Trinajstić information content (AvgIpc) is 2.25. The summed E-state index contributed by atoms with van der Waals surface area (Å²) < 4.78 is 0. The van der Waals surface area contributed by atoms with Gasteiger partial charge in [0.1, 0.15) is 0 Å². The molecule has 1 aromatic carbocycles. The number of nitrogens with zero attached hydrogens (tertiary/aromatic N) is 1. The predicted octanol–water partition coefficient (Wildman–Crippen LogP) is 3.85. The molecule has 1 heterocycles. The number of alkyl halides is 1. The first-order chi connectivity index (χ1) is 7.65. The molecule has 0 aliphatic carbocycles. The van der Waals surface area contributed by atoms with Crippen LogP contribution in [0.25, 0.3) is 0 Å². The molecule has 2 rings (SSSR count). The molecule has 1 saturated heterocycles. The molecular formula is C13H17Cl2N. The van der Waals surface area contributed by atoms with Gasteiger partial charge in [0.25, 0.3) is 0 Å². The summed E-state index contributed by atoms with van der Waals surface area (Å²) in [5.41, 5.74) is 2.44. The van der Waals surface area contributed by atoms with Crippen LogP contribution in [0.2, 0.25) is 5.02 Å². The first kappa shape index (κ1) is 12.2. The van der Waals surface area contributed by atoms with Crippen LogP contribution in [0.5, 0.6) is 0 Å². The van der Waals surface area contributed by atoms with Crippen molar-refractivity contribution < 1.29 is 0 Å². The normalized spacial score (nSPS) is 18.9. The third-order valence-electron chi connectivity index (χ3n) is 3.12. The van der Waals surface area contributed by atoms with E-state index in [1.54, 1.807) is 0 Å². The summed E-state index contributed by atoms with van der Waals surface area (Å²) >= 11 is 12.3.